The average molecular weight is 816 g/mol. The van der Waals surface area contributed by atoms with E-state index in [1.165, 1.54) is 0 Å². The highest BCUT2D eigenvalue weighted by atomic mass is 16.5. The molecule has 0 saturated heterocycles. The number of nitrogens with one attached hydrogen (secondary N) is 2. The molecular formula is C39H69N5O13. The van der Waals surface area contributed by atoms with E-state index in [9.17, 15) is 33.9 Å². The van der Waals surface area contributed by atoms with Gasteiger partial charge in [0.25, 0.3) is 0 Å². The Morgan fingerprint density at radius 2 is 1.12 bits per heavy atom. The minimum atomic E-state index is -1.17. The largest absolute Gasteiger partial charge is 0.480 e. The van der Waals surface area contributed by atoms with Gasteiger partial charge in [0.15, 0.2) is 11.6 Å². The van der Waals surface area contributed by atoms with Gasteiger partial charge in [-0.1, -0.05) is 58.0 Å². The SMILES string of the molecule is CC(C)(C)C(=O)COCCOCCCC(=O)COCCOCCNC(=O)COCCOCCCC(=O)CC[C@@H](NC(=O)CCCCCCCCCN=[N+]=[N-])C(=O)O. The third kappa shape index (κ3) is 36.6. The van der Waals surface area contributed by atoms with Crippen LogP contribution in [0.15, 0.2) is 5.11 Å². The zero-order valence-electron chi connectivity index (χ0n) is 34.6. The summed E-state index contributed by atoms with van der Waals surface area (Å²) in [5.41, 5.74) is 7.83. The zero-order valence-corrected chi connectivity index (χ0v) is 34.6. The number of nitrogens with zero attached hydrogens (tertiary/aromatic N) is 3. The van der Waals surface area contributed by atoms with Gasteiger partial charge in [0.05, 0.1) is 46.2 Å². The molecule has 328 valence electrons. The molecule has 57 heavy (non-hydrogen) atoms. The van der Waals surface area contributed by atoms with Crippen LogP contribution in [0.5, 0.6) is 0 Å². The van der Waals surface area contributed by atoms with E-state index < -0.39 is 17.4 Å². The summed E-state index contributed by atoms with van der Waals surface area (Å²) in [6.45, 7) is 8.86. The Morgan fingerprint density at radius 3 is 1.72 bits per heavy atom. The minimum absolute atomic E-state index is 0.0120. The van der Waals surface area contributed by atoms with Gasteiger partial charge in [-0.05, 0) is 37.6 Å². The number of rotatable bonds is 41. The molecule has 0 aliphatic rings. The van der Waals surface area contributed by atoms with E-state index in [0.717, 1.165) is 38.5 Å². The number of ketones is 3. The first-order chi connectivity index (χ1) is 27.4. The van der Waals surface area contributed by atoms with Crippen LogP contribution in [-0.4, -0.2) is 139 Å². The molecule has 0 bridgehead atoms. The molecule has 0 heterocycles. The number of aliphatic carboxylic acids is 1. The molecule has 0 unspecified atom stereocenters. The zero-order chi connectivity index (χ0) is 42.4. The third-order valence-electron chi connectivity index (χ3n) is 8.31. The van der Waals surface area contributed by atoms with Gasteiger partial charge in [-0.2, -0.15) is 0 Å². The van der Waals surface area contributed by atoms with Gasteiger partial charge in [-0.3, -0.25) is 24.0 Å². The molecule has 0 aromatic carbocycles. The van der Waals surface area contributed by atoms with Crippen LogP contribution < -0.4 is 10.6 Å². The molecule has 18 nitrogen and oxygen atoms in total. The number of ether oxygens (including phenoxy) is 6. The van der Waals surface area contributed by atoms with Crippen LogP contribution in [-0.2, 0) is 57.2 Å². The first kappa shape index (κ1) is 53.5. The van der Waals surface area contributed by atoms with Crippen LogP contribution in [0.4, 0.5) is 0 Å². The Bertz CT molecular complexity index is 1180. The number of carbonyl (C=O) groups excluding carboxylic acids is 5. The van der Waals surface area contributed by atoms with Crippen LogP contribution in [0.1, 0.15) is 111 Å². The average Bonchev–Trinajstić information content (AvgIpc) is 3.16. The molecule has 0 fully saturated rings. The summed E-state index contributed by atoms with van der Waals surface area (Å²) >= 11 is 0. The number of azide groups is 1. The van der Waals surface area contributed by atoms with E-state index >= 15 is 0 Å². The van der Waals surface area contributed by atoms with Crippen molar-refractivity contribution in [1.82, 2.24) is 10.6 Å². The summed E-state index contributed by atoms with van der Waals surface area (Å²) < 4.78 is 32.2. The number of carboxylic acid groups (broad SMARTS) is 1. The Hall–Kier alpha value is -3.51. The van der Waals surface area contributed by atoms with Crippen molar-refractivity contribution in [2.45, 2.75) is 117 Å². The summed E-state index contributed by atoms with van der Waals surface area (Å²) in [5.74, 6) is -1.93. The highest BCUT2D eigenvalue weighted by Crippen LogP contribution is 2.14. The fourth-order valence-electron chi connectivity index (χ4n) is 4.87. The lowest BCUT2D eigenvalue weighted by molar-refractivity contribution is -0.142. The molecule has 0 rings (SSSR count). The van der Waals surface area contributed by atoms with E-state index in [-0.39, 0.29) is 114 Å². The van der Waals surface area contributed by atoms with Crippen LogP contribution in [0.2, 0.25) is 0 Å². The third-order valence-corrected chi connectivity index (χ3v) is 8.31. The number of hydrogen-bond donors (Lipinski definition) is 3. The monoisotopic (exact) mass is 815 g/mol. The predicted octanol–water partition coefficient (Wildman–Crippen LogP) is 4.30. The van der Waals surface area contributed by atoms with Gasteiger partial charge in [0.2, 0.25) is 11.8 Å². The maximum Gasteiger partial charge on any atom is 0.326 e. The normalized spacial score (nSPS) is 11.8. The molecule has 0 aliphatic heterocycles. The van der Waals surface area contributed by atoms with E-state index in [1.807, 2.05) is 20.8 Å². The molecule has 2 amide bonds. The lowest BCUT2D eigenvalue weighted by Crippen LogP contribution is -2.41. The van der Waals surface area contributed by atoms with Crippen molar-refractivity contribution in [3.05, 3.63) is 10.4 Å². The first-order valence-electron chi connectivity index (χ1n) is 20.2. The fraction of sp³-hybridized carbons (Fsp3) is 0.846. The summed E-state index contributed by atoms with van der Waals surface area (Å²) in [6.07, 6.45) is 8.32. The lowest BCUT2D eigenvalue weighted by atomic mass is 9.91. The van der Waals surface area contributed by atoms with Crippen LogP contribution in [0.3, 0.4) is 0 Å². The Morgan fingerprint density at radius 1 is 0.596 bits per heavy atom. The van der Waals surface area contributed by atoms with Gasteiger partial charge < -0.3 is 44.2 Å². The van der Waals surface area contributed by atoms with Crippen molar-refractivity contribution in [2.75, 3.05) is 92.4 Å². The molecule has 0 spiro atoms. The van der Waals surface area contributed by atoms with Crippen molar-refractivity contribution in [3.63, 3.8) is 0 Å². The summed E-state index contributed by atoms with van der Waals surface area (Å²) in [7, 11) is 0. The number of Topliss-reactive ketones (excluding diaryl/α,β-unsaturated/α-hetero) is 3. The van der Waals surface area contributed by atoms with E-state index in [0.29, 0.717) is 58.7 Å². The number of hydrogen-bond acceptors (Lipinski definition) is 13. The molecule has 0 radical (unpaired) electrons. The molecular weight excluding hydrogens is 746 g/mol. The van der Waals surface area contributed by atoms with Crippen LogP contribution in [0.25, 0.3) is 10.4 Å². The molecule has 0 aromatic rings. The Balaban J connectivity index is 3.64. The van der Waals surface area contributed by atoms with Crippen LogP contribution >= 0.6 is 0 Å². The molecule has 0 saturated carbocycles. The van der Waals surface area contributed by atoms with Crippen molar-refractivity contribution in [2.24, 2.45) is 10.5 Å². The minimum Gasteiger partial charge on any atom is -0.480 e. The predicted molar refractivity (Wildman–Crippen MR) is 211 cm³/mol. The number of amides is 2. The smallest absolute Gasteiger partial charge is 0.326 e. The quantitative estimate of drug-likeness (QED) is 0.0337. The first-order valence-corrected chi connectivity index (χ1v) is 20.2. The van der Waals surface area contributed by atoms with E-state index in [4.69, 9.17) is 34.0 Å². The second-order valence-corrected chi connectivity index (χ2v) is 14.5. The second-order valence-electron chi connectivity index (χ2n) is 14.5. The maximum absolute atomic E-state index is 12.2. The highest BCUT2D eigenvalue weighted by molar-refractivity contribution is 5.85. The second kappa shape index (κ2) is 36.8. The molecule has 3 N–H and O–H groups in total. The van der Waals surface area contributed by atoms with Gasteiger partial charge in [-0.15, -0.1) is 0 Å². The van der Waals surface area contributed by atoms with Gasteiger partial charge in [0, 0.05) is 62.3 Å². The summed E-state index contributed by atoms with van der Waals surface area (Å²) in [4.78, 5) is 74.3. The number of unbranched alkanes of at least 4 members (excludes halogenated alkanes) is 6. The van der Waals surface area contributed by atoms with E-state index in [1.54, 1.807) is 0 Å². The molecule has 1 atom stereocenters. The van der Waals surface area contributed by atoms with Crippen molar-refractivity contribution in [1.29, 1.82) is 0 Å². The molecule has 0 aromatic heterocycles. The van der Waals surface area contributed by atoms with Gasteiger partial charge >= 0.3 is 5.97 Å². The Labute approximate surface area is 337 Å². The summed E-state index contributed by atoms with van der Waals surface area (Å²) in [5, 5.41) is 18.1. The van der Waals surface area contributed by atoms with Crippen molar-refractivity contribution >= 4 is 35.1 Å². The molecule has 18 heteroatoms. The van der Waals surface area contributed by atoms with Crippen molar-refractivity contribution < 1.29 is 62.3 Å². The molecule has 0 aliphatic carbocycles. The van der Waals surface area contributed by atoms with Gasteiger partial charge in [-0.25, -0.2) is 4.79 Å². The maximum atomic E-state index is 12.2. The fourth-order valence-corrected chi connectivity index (χ4v) is 4.87. The van der Waals surface area contributed by atoms with Crippen LogP contribution in [0, 0.1) is 5.41 Å². The lowest BCUT2D eigenvalue weighted by Gasteiger charge is -2.16. The Kier molecular flexibility index (Phi) is 34.5. The van der Waals surface area contributed by atoms with Crippen molar-refractivity contribution in [3.8, 4) is 0 Å². The highest BCUT2D eigenvalue weighted by Gasteiger charge is 2.21. The summed E-state index contributed by atoms with van der Waals surface area (Å²) in [6, 6.07) is -1.11. The standard InChI is InChI=1S/C39H69N5O13/c1-39(2,3)35(47)30-56-27-23-53-21-12-14-33(46)29-55-26-25-54-22-19-41-37(49)31-57-28-24-52-20-11-13-32(45)16-17-34(38(50)51)43-36(48)15-9-7-5-4-6-8-10-18-42-44-40/h34H,4-31H2,1-3H3,(H,41,49)(H,43,48)(H,50,51)/t34-/m1/s1. The number of carboxylic acids is 1. The van der Waals surface area contributed by atoms with E-state index in [2.05, 4.69) is 20.7 Å². The number of carbonyl (C=O) groups is 6. The van der Waals surface area contributed by atoms with Gasteiger partial charge in [0.1, 0.15) is 31.6 Å². The topological polar surface area (TPSA) is 251 Å².